The predicted molar refractivity (Wildman–Crippen MR) is 84.0 cm³/mol. The van der Waals surface area contributed by atoms with Crippen molar-refractivity contribution in [3.8, 4) is 0 Å². The van der Waals surface area contributed by atoms with Gasteiger partial charge in [0.15, 0.2) is 0 Å². The number of aliphatic hydroxyl groups excluding tert-OH is 2. The number of aliphatic hydroxyl groups is 2. The number of nitrogens with two attached hydrogens (primary N) is 1. The molecule has 1 aliphatic heterocycles. The van der Waals surface area contributed by atoms with Crippen molar-refractivity contribution < 1.29 is 24.5 Å². The first kappa shape index (κ1) is 18.1. The molecule has 0 bridgehead atoms. The lowest BCUT2D eigenvalue weighted by atomic mass is 10.2. The third-order valence-electron chi connectivity index (χ3n) is 3.64. The minimum Gasteiger partial charge on any atom is -0.462 e. The van der Waals surface area contributed by atoms with Crippen molar-refractivity contribution in [2.45, 2.75) is 38.2 Å². The Balaban J connectivity index is 2.11. The molecule has 1 fully saturated rings. The van der Waals surface area contributed by atoms with E-state index in [0.29, 0.717) is 12.0 Å². The van der Waals surface area contributed by atoms with Crippen LogP contribution in [0.1, 0.15) is 25.1 Å². The number of rotatable bonds is 6. The second-order valence-electron chi connectivity index (χ2n) is 5.43. The number of esters is 1. The second kappa shape index (κ2) is 8.04. The summed E-state index contributed by atoms with van der Waals surface area (Å²) in [4.78, 5) is 26.4. The summed E-state index contributed by atoms with van der Waals surface area (Å²) < 4.78 is 11.5. The Morgan fingerprint density at radius 2 is 2.33 bits per heavy atom. The highest BCUT2D eigenvalue weighted by atomic mass is 16.5. The van der Waals surface area contributed by atoms with E-state index in [4.69, 9.17) is 20.3 Å². The van der Waals surface area contributed by atoms with Gasteiger partial charge in [0, 0.05) is 25.1 Å². The van der Waals surface area contributed by atoms with Gasteiger partial charge in [0.05, 0.1) is 12.7 Å². The zero-order valence-electron chi connectivity index (χ0n) is 13.3. The number of hydrogen-bond donors (Lipinski definition) is 3. The van der Waals surface area contributed by atoms with Crippen LogP contribution in [0.2, 0.25) is 0 Å². The molecule has 2 rings (SSSR count). The zero-order chi connectivity index (χ0) is 17.7. The molecule has 132 valence electrons. The Morgan fingerprint density at radius 1 is 1.58 bits per heavy atom. The van der Waals surface area contributed by atoms with Gasteiger partial charge < -0.3 is 25.4 Å². The molecule has 0 aliphatic carbocycles. The fourth-order valence-electron chi connectivity index (χ4n) is 2.38. The molecule has 1 saturated heterocycles. The first-order valence-corrected chi connectivity index (χ1v) is 7.52. The first-order chi connectivity index (χ1) is 11.4. The zero-order valence-corrected chi connectivity index (χ0v) is 13.3. The van der Waals surface area contributed by atoms with E-state index in [2.05, 4.69) is 4.98 Å². The number of aromatic nitrogens is 2. The third kappa shape index (κ3) is 4.40. The molecular formula is C15H21N3O6. The van der Waals surface area contributed by atoms with Gasteiger partial charge in [-0.25, -0.2) is 4.79 Å². The van der Waals surface area contributed by atoms with E-state index >= 15 is 0 Å². The highest BCUT2D eigenvalue weighted by Gasteiger charge is 2.35. The molecule has 0 spiro atoms. The maximum absolute atomic E-state index is 12.0. The van der Waals surface area contributed by atoms with E-state index in [9.17, 15) is 14.7 Å². The molecule has 1 unspecified atom stereocenters. The predicted octanol–water partition coefficient (Wildman–Crippen LogP) is -0.872. The van der Waals surface area contributed by atoms with Crippen LogP contribution >= 0.6 is 0 Å². The van der Waals surface area contributed by atoms with Crippen LogP contribution in [0.25, 0.3) is 0 Å². The molecular weight excluding hydrogens is 318 g/mol. The van der Waals surface area contributed by atoms with E-state index in [1.165, 1.54) is 17.7 Å². The van der Waals surface area contributed by atoms with Crippen molar-refractivity contribution in [1.29, 1.82) is 0 Å². The minimum absolute atomic E-state index is 0.102. The fraction of sp³-hybridized carbons (Fsp3) is 0.533. The number of hydrogen-bond acceptors (Lipinski definition) is 8. The minimum atomic E-state index is -0.850. The maximum Gasteiger partial charge on any atom is 0.351 e. The third-order valence-corrected chi connectivity index (χ3v) is 3.64. The van der Waals surface area contributed by atoms with Crippen molar-refractivity contribution in [3.05, 3.63) is 34.4 Å². The molecule has 9 nitrogen and oxygen atoms in total. The summed E-state index contributed by atoms with van der Waals surface area (Å²) in [5, 5.41) is 18.9. The topological polar surface area (TPSA) is 137 Å². The second-order valence-corrected chi connectivity index (χ2v) is 5.43. The van der Waals surface area contributed by atoms with Crippen molar-refractivity contribution in [2.24, 2.45) is 0 Å². The first-order valence-electron chi connectivity index (χ1n) is 7.52. The summed E-state index contributed by atoms with van der Waals surface area (Å²) in [5.41, 5.74) is 5.77. The Morgan fingerprint density at radius 3 is 2.96 bits per heavy atom. The van der Waals surface area contributed by atoms with E-state index < -0.39 is 24.1 Å². The largest absolute Gasteiger partial charge is 0.462 e. The van der Waals surface area contributed by atoms with Crippen LogP contribution in [-0.2, 0) is 20.7 Å². The standard InChI is InChI=1S/C15H21N3O6/c1-9(20)23-5-3-2-4-10-7-18(15(22)17-14(10)16)13-6-11(21)12(8-19)24-13/h2-3,7,11-13,19,21H,4-6,8H2,1H3,(H2,16,17,22)/t11?,12-,13-/m1/s1. The van der Waals surface area contributed by atoms with Crippen LogP contribution < -0.4 is 11.4 Å². The summed E-state index contributed by atoms with van der Waals surface area (Å²) in [6.07, 6.45) is 3.21. The molecule has 24 heavy (non-hydrogen) atoms. The maximum atomic E-state index is 12.0. The van der Waals surface area contributed by atoms with Crippen LogP contribution in [-0.4, -0.2) is 51.2 Å². The van der Waals surface area contributed by atoms with Crippen LogP contribution in [0.5, 0.6) is 0 Å². The van der Waals surface area contributed by atoms with Crippen LogP contribution in [0.3, 0.4) is 0 Å². The van der Waals surface area contributed by atoms with E-state index in [1.807, 2.05) is 0 Å². The van der Waals surface area contributed by atoms with Gasteiger partial charge in [-0.1, -0.05) is 12.2 Å². The normalized spacial score (nSPS) is 23.7. The average Bonchev–Trinajstić information content (AvgIpc) is 2.89. The number of carbonyl (C=O) groups is 1. The molecule has 1 aliphatic rings. The van der Waals surface area contributed by atoms with Gasteiger partial charge in [0.25, 0.3) is 0 Å². The summed E-state index contributed by atoms with van der Waals surface area (Å²) in [7, 11) is 0. The van der Waals surface area contributed by atoms with E-state index in [1.54, 1.807) is 12.2 Å². The van der Waals surface area contributed by atoms with Crippen molar-refractivity contribution in [2.75, 3.05) is 18.9 Å². The SMILES string of the molecule is CC(=O)OCC=CCc1cn([C@H]2CC(O)[C@@H](CO)O2)c(=O)nc1N. The fourth-order valence-corrected chi connectivity index (χ4v) is 2.38. The molecule has 1 aromatic rings. The molecule has 2 heterocycles. The van der Waals surface area contributed by atoms with E-state index in [-0.39, 0.29) is 31.4 Å². The van der Waals surface area contributed by atoms with Gasteiger partial charge in [0.1, 0.15) is 24.8 Å². The number of allylic oxidation sites excluding steroid dienone is 1. The highest BCUT2D eigenvalue weighted by molar-refractivity contribution is 5.65. The van der Waals surface area contributed by atoms with Crippen LogP contribution in [0.4, 0.5) is 5.82 Å². The molecule has 4 N–H and O–H groups in total. The molecule has 0 aromatic carbocycles. The summed E-state index contributed by atoms with van der Waals surface area (Å²) >= 11 is 0. The summed E-state index contributed by atoms with van der Waals surface area (Å²) in [6, 6.07) is 0. The number of nitrogen functional groups attached to an aromatic ring is 1. The molecule has 0 amide bonds. The number of carbonyl (C=O) groups excluding carboxylic acids is 1. The van der Waals surface area contributed by atoms with Gasteiger partial charge in [-0.15, -0.1) is 0 Å². The lowest BCUT2D eigenvalue weighted by molar-refractivity contribution is -0.139. The van der Waals surface area contributed by atoms with Crippen molar-refractivity contribution >= 4 is 11.8 Å². The molecule has 0 saturated carbocycles. The molecule has 0 radical (unpaired) electrons. The Labute approximate surface area is 138 Å². The quantitative estimate of drug-likeness (QED) is 0.449. The van der Waals surface area contributed by atoms with Crippen molar-refractivity contribution in [1.82, 2.24) is 9.55 Å². The highest BCUT2D eigenvalue weighted by Crippen LogP contribution is 2.27. The van der Waals surface area contributed by atoms with Gasteiger partial charge in [-0.05, 0) is 6.42 Å². The number of nitrogens with zero attached hydrogens (tertiary/aromatic N) is 2. The Kier molecular flexibility index (Phi) is 6.07. The monoisotopic (exact) mass is 339 g/mol. The lowest BCUT2D eigenvalue weighted by Crippen LogP contribution is -2.29. The average molecular weight is 339 g/mol. The molecule has 1 aromatic heterocycles. The number of anilines is 1. The summed E-state index contributed by atoms with van der Waals surface area (Å²) in [6.45, 7) is 1.14. The summed E-state index contributed by atoms with van der Waals surface area (Å²) in [5.74, 6) is -0.268. The van der Waals surface area contributed by atoms with Gasteiger partial charge in [0.2, 0.25) is 0 Å². The molecule has 3 atom stereocenters. The lowest BCUT2D eigenvalue weighted by Gasteiger charge is -2.15. The van der Waals surface area contributed by atoms with Gasteiger partial charge in [-0.2, -0.15) is 4.98 Å². The molecule has 9 heteroatoms. The Hall–Kier alpha value is -2.23. The van der Waals surface area contributed by atoms with Crippen molar-refractivity contribution in [3.63, 3.8) is 0 Å². The van der Waals surface area contributed by atoms with Gasteiger partial charge >= 0.3 is 11.7 Å². The Bertz CT molecular complexity index is 672. The van der Waals surface area contributed by atoms with Gasteiger partial charge in [-0.3, -0.25) is 9.36 Å². The van der Waals surface area contributed by atoms with Crippen LogP contribution in [0, 0.1) is 0 Å². The number of ether oxygens (including phenoxy) is 2. The van der Waals surface area contributed by atoms with E-state index in [0.717, 1.165) is 0 Å². The van der Waals surface area contributed by atoms with Crippen LogP contribution in [0.15, 0.2) is 23.1 Å². The smallest absolute Gasteiger partial charge is 0.351 e.